The van der Waals surface area contributed by atoms with E-state index >= 15 is 0 Å². The van der Waals surface area contributed by atoms with Gasteiger partial charge in [0.25, 0.3) is 10.0 Å². The van der Waals surface area contributed by atoms with Crippen molar-refractivity contribution in [1.82, 2.24) is 24.1 Å². The van der Waals surface area contributed by atoms with E-state index in [0.717, 1.165) is 0 Å². The fourth-order valence-corrected chi connectivity index (χ4v) is 3.85. The number of fused-ring (bicyclic) bond motifs is 1. The van der Waals surface area contributed by atoms with E-state index in [0.29, 0.717) is 16.6 Å². The molecule has 0 saturated carbocycles. The Hall–Kier alpha value is -1.91. The van der Waals surface area contributed by atoms with Gasteiger partial charge in [-0.05, 0) is 0 Å². The van der Waals surface area contributed by atoms with Crippen molar-refractivity contribution in [2.24, 2.45) is 0 Å². The van der Waals surface area contributed by atoms with Crippen LogP contribution in [0.25, 0.3) is 4.96 Å². The Kier molecular flexibility index (Phi) is 3.20. The average Bonchev–Trinajstić information content (AvgIpc) is 3.11. The molecular weight excluding hydrogens is 300 g/mol. The minimum atomic E-state index is -3.70. The number of anilines is 1. The van der Waals surface area contributed by atoms with Crippen LogP contribution in [0.4, 0.5) is 5.82 Å². The van der Waals surface area contributed by atoms with Gasteiger partial charge >= 0.3 is 0 Å². The number of sulfonamides is 1. The van der Waals surface area contributed by atoms with E-state index in [1.807, 2.05) is 0 Å². The summed E-state index contributed by atoms with van der Waals surface area (Å²) in [4.78, 5) is 11.7. The normalized spacial score (nSPS) is 12.1. The lowest BCUT2D eigenvalue weighted by atomic mass is 10.6. The molecule has 0 saturated heterocycles. The number of H-pyrrole nitrogens is 1. The van der Waals surface area contributed by atoms with E-state index < -0.39 is 10.0 Å². The summed E-state index contributed by atoms with van der Waals surface area (Å²) in [5.74, 6) is 0.870. The summed E-state index contributed by atoms with van der Waals surface area (Å²) in [6.45, 7) is 0.0931. The number of hydrogen-bond acceptors (Lipinski definition) is 6. The molecule has 3 aromatic rings. The van der Waals surface area contributed by atoms with Crippen LogP contribution < -0.4 is 10.0 Å². The highest BCUT2D eigenvalue weighted by Crippen LogP contribution is 2.25. The molecule has 3 aromatic heterocycles. The number of hydrogen-bond donors (Lipinski definition) is 3. The third-order valence-corrected chi connectivity index (χ3v) is 4.87. The summed E-state index contributed by atoms with van der Waals surface area (Å²) in [5.41, 5.74) is 0. The lowest BCUT2D eigenvalue weighted by Crippen LogP contribution is -2.25. The summed E-state index contributed by atoms with van der Waals surface area (Å²) in [7, 11) is -2.06. The number of nitrogens with one attached hydrogen (secondary N) is 3. The molecule has 3 rings (SSSR count). The first kappa shape index (κ1) is 13.1. The van der Waals surface area contributed by atoms with Gasteiger partial charge in [0, 0.05) is 31.0 Å². The maximum Gasteiger partial charge on any atom is 0.260 e. The first-order valence-electron chi connectivity index (χ1n) is 5.73. The van der Waals surface area contributed by atoms with Gasteiger partial charge in [-0.2, -0.15) is 0 Å². The molecule has 0 fully saturated rings. The van der Waals surface area contributed by atoms with Gasteiger partial charge in [0.2, 0.25) is 0 Å². The van der Waals surface area contributed by atoms with E-state index in [1.54, 1.807) is 35.4 Å². The van der Waals surface area contributed by atoms with Crippen LogP contribution in [0.3, 0.4) is 0 Å². The number of aromatic amines is 1. The zero-order chi connectivity index (χ0) is 14.2. The Morgan fingerprint density at radius 3 is 3.05 bits per heavy atom. The van der Waals surface area contributed by atoms with Crippen molar-refractivity contribution < 1.29 is 8.42 Å². The summed E-state index contributed by atoms with van der Waals surface area (Å²) in [6.07, 6.45) is 4.88. The predicted octanol–water partition coefficient (Wildman–Crippen LogP) is 0.639. The van der Waals surface area contributed by atoms with Gasteiger partial charge in [-0.3, -0.25) is 4.40 Å². The number of rotatable bonds is 5. The van der Waals surface area contributed by atoms with Crippen LogP contribution in [-0.4, -0.2) is 34.8 Å². The van der Waals surface area contributed by atoms with Crippen molar-refractivity contribution in [1.29, 1.82) is 0 Å². The SMILES string of the molecule is CNc1nc2sccn2c1S(=O)(=O)NCc1ncc[nH]1. The summed E-state index contributed by atoms with van der Waals surface area (Å²) >= 11 is 1.37. The lowest BCUT2D eigenvalue weighted by molar-refractivity contribution is 0.575. The largest absolute Gasteiger partial charge is 0.371 e. The van der Waals surface area contributed by atoms with Gasteiger partial charge < -0.3 is 10.3 Å². The van der Waals surface area contributed by atoms with Crippen LogP contribution in [0.2, 0.25) is 0 Å². The average molecular weight is 312 g/mol. The minimum Gasteiger partial charge on any atom is -0.371 e. The molecule has 10 heteroatoms. The molecule has 0 unspecified atom stereocenters. The van der Waals surface area contributed by atoms with E-state index in [4.69, 9.17) is 0 Å². The van der Waals surface area contributed by atoms with Gasteiger partial charge in [0.15, 0.2) is 15.8 Å². The molecule has 3 N–H and O–H groups in total. The summed E-state index contributed by atoms with van der Waals surface area (Å²) in [5, 5.41) is 4.69. The van der Waals surface area contributed by atoms with Gasteiger partial charge in [-0.1, -0.05) is 0 Å². The summed E-state index contributed by atoms with van der Waals surface area (Å²) in [6, 6.07) is 0. The predicted molar refractivity (Wildman–Crippen MR) is 75.2 cm³/mol. The highest BCUT2D eigenvalue weighted by Gasteiger charge is 2.25. The third kappa shape index (κ3) is 2.17. The Morgan fingerprint density at radius 2 is 2.35 bits per heavy atom. The number of thiazole rings is 1. The van der Waals surface area contributed by atoms with E-state index in [1.165, 1.54) is 11.3 Å². The second-order valence-corrected chi connectivity index (χ2v) is 6.49. The van der Waals surface area contributed by atoms with Crippen LogP contribution in [-0.2, 0) is 16.6 Å². The fraction of sp³-hybridized carbons (Fsp3) is 0.200. The highest BCUT2D eigenvalue weighted by atomic mass is 32.2. The van der Waals surface area contributed by atoms with Crippen LogP contribution in [0.5, 0.6) is 0 Å². The second kappa shape index (κ2) is 4.89. The quantitative estimate of drug-likeness (QED) is 0.641. The van der Waals surface area contributed by atoms with Gasteiger partial charge in [0.1, 0.15) is 5.82 Å². The van der Waals surface area contributed by atoms with Gasteiger partial charge in [0.05, 0.1) is 6.54 Å². The molecule has 0 radical (unpaired) electrons. The molecule has 20 heavy (non-hydrogen) atoms. The maximum atomic E-state index is 12.4. The fourth-order valence-electron chi connectivity index (χ4n) is 1.81. The topological polar surface area (TPSA) is 104 Å². The van der Waals surface area contributed by atoms with Crippen LogP contribution in [0, 0.1) is 0 Å². The zero-order valence-corrected chi connectivity index (χ0v) is 12.1. The Labute approximate surface area is 118 Å². The molecule has 0 amide bonds. The molecule has 0 aromatic carbocycles. The highest BCUT2D eigenvalue weighted by molar-refractivity contribution is 7.89. The van der Waals surface area contributed by atoms with Crippen molar-refractivity contribution in [3.05, 3.63) is 29.8 Å². The molecule has 0 aliphatic rings. The summed E-state index contributed by atoms with van der Waals surface area (Å²) < 4.78 is 28.9. The van der Waals surface area contributed by atoms with Crippen LogP contribution in [0.15, 0.2) is 29.0 Å². The van der Waals surface area contributed by atoms with E-state index in [-0.39, 0.29) is 11.6 Å². The van der Waals surface area contributed by atoms with E-state index in [2.05, 4.69) is 25.0 Å². The first-order chi connectivity index (χ1) is 9.62. The molecule has 3 heterocycles. The number of imidazole rings is 2. The smallest absolute Gasteiger partial charge is 0.260 e. The van der Waals surface area contributed by atoms with Crippen molar-refractivity contribution in [2.75, 3.05) is 12.4 Å². The molecule has 0 aliphatic carbocycles. The monoisotopic (exact) mass is 312 g/mol. The Bertz CT molecular complexity index is 817. The van der Waals surface area contributed by atoms with Crippen molar-refractivity contribution in [2.45, 2.75) is 11.6 Å². The molecule has 0 aliphatic heterocycles. The molecule has 0 bridgehead atoms. The van der Waals surface area contributed by atoms with Crippen molar-refractivity contribution in [3.8, 4) is 0 Å². The van der Waals surface area contributed by atoms with Crippen LogP contribution >= 0.6 is 11.3 Å². The van der Waals surface area contributed by atoms with Crippen molar-refractivity contribution in [3.63, 3.8) is 0 Å². The van der Waals surface area contributed by atoms with Crippen LogP contribution in [0.1, 0.15) is 5.82 Å². The number of nitrogens with zero attached hydrogens (tertiary/aromatic N) is 3. The third-order valence-electron chi connectivity index (χ3n) is 2.69. The molecular formula is C10H12N6O2S2. The molecule has 0 spiro atoms. The van der Waals surface area contributed by atoms with Crippen molar-refractivity contribution >= 4 is 32.1 Å². The second-order valence-electron chi connectivity index (χ2n) is 3.93. The van der Waals surface area contributed by atoms with E-state index in [9.17, 15) is 8.42 Å². The Balaban J connectivity index is 1.97. The lowest BCUT2D eigenvalue weighted by Gasteiger charge is -2.06. The standard InChI is InChI=1S/C10H12N6O2S2/c1-11-8-9(16-4-5-19-10(16)15-8)20(17,18)14-6-7-12-2-3-13-7/h2-5,11,14H,6H2,1H3,(H,12,13). The maximum absolute atomic E-state index is 12.4. The first-order valence-corrected chi connectivity index (χ1v) is 8.09. The minimum absolute atomic E-state index is 0.0931. The molecule has 8 nitrogen and oxygen atoms in total. The van der Waals surface area contributed by atoms with Gasteiger partial charge in [-0.15, -0.1) is 11.3 Å². The number of aromatic nitrogens is 4. The molecule has 106 valence electrons. The Morgan fingerprint density at radius 1 is 1.50 bits per heavy atom. The molecule has 0 atom stereocenters. The zero-order valence-electron chi connectivity index (χ0n) is 10.5. The van der Waals surface area contributed by atoms with Gasteiger partial charge in [-0.25, -0.2) is 23.1 Å².